The Balaban J connectivity index is 0.00000225. The van der Waals surface area contributed by atoms with E-state index in [1.54, 1.807) is 32.4 Å². The first kappa shape index (κ1) is 14.6. The Kier molecular flexibility index (Phi) is 6.31. The Morgan fingerprint density at radius 3 is 2.56 bits per heavy atom. The number of benzene rings is 1. The van der Waals surface area contributed by atoms with Gasteiger partial charge in [-0.2, -0.15) is 5.26 Å². The van der Waals surface area contributed by atoms with Crippen molar-refractivity contribution in [2.45, 2.75) is 12.5 Å². The minimum absolute atomic E-state index is 0. The highest BCUT2D eigenvalue weighted by Crippen LogP contribution is 2.29. The van der Waals surface area contributed by atoms with Crippen LogP contribution in [0, 0.1) is 11.3 Å². The monoisotopic (exact) mass is 242 g/mol. The van der Waals surface area contributed by atoms with Crippen LogP contribution in [-0.2, 0) is 0 Å². The SMILES string of the molecule is COc1ccc(OC)c([C@@H](N)CC#N)c1.Cl. The van der Waals surface area contributed by atoms with Crippen molar-refractivity contribution < 1.29 is 9.47 Å². The Morgan fingerprint density at radius 2 is 2.06 bits per heavy atom. The maximum Gasteiger partial charge on any atom is 0.123 e. The maximum absolute atomic E-state index is 8.59. The van der Waals surface area contributed by atoms with Crippen molar-refractivity contribution in [3.63, 3.8) is 0 Å². The minimum Gasteiger partial charge on any atom is -0.497 e. The highest BCUT2D eigenvalue weighted by Gasteiger charge is 2.12. The fourth-order valence-corrected chi connectivity index (χ4v) is 1.34. The van der Waals surface area contributed by atoms with Crippen molar-refractivity contribution in [3.05, 3.63) is 23.8 Å². The highest BCUT2D eigenvalue weighted by atomic mass is 35.5. The molecule has 1 rings (SSSR count). The third kappa shape index (κ3) is 3.30. The third-order valence-corrected chi connectivity index (χ3v) is 2.15. The molecule has 88 valence electrons. The molecule has 0 heterocycles. The smallest absolute Gasteiger partial charge is 0.123 e. The third-order valence-electron chi connectivity index (χ3n) is 2.15. The highest BCUT2D eigenvalue weighted by molar-refractivity contribution is 5.85. The number of methoxy groups -OCH3 is 2. The van der Waals surface area contributed by atoms with Crippen LogP contribution in [0.3, 0.4) is 0 Å². The van der Waals surface area contributed by atoms with Crippen LogP contribution >= 0.6 is 12.4 Å². The van der Waals surface area contributed by atoms with Gasteiger partial charge in [-0.05, 0) is 18.2 Å². The van der Waals surface area contributed by atoms with Crippen LogP contribution in [0.15, 0.2) is 18.2 Å². The van der Waals surface area contributed by atoms with Crippen molar-refractivity contribution in [1.29, 1.82) is 5.26 Å². The summed E-state index contributed by atoms with van der Waals surface area (Å²) in [6, 6.07) is 7.05. The van der Waals surface area contributed by atoms with E-state index in [1.165, 1.54) is 0 Å². The molecule has 0 saturated carbocycles. The van der Waals surface area contributed by atoms with Gasteiger partial charge >= 0.3 is 0 Å². The Morgan fingerprint density at radius 1 is 1.38 bits per heavy atom. The van der Waals surface area contributed by atoms with Gasteiger partial charge in [0.25, 0.3) is 0 Å². The topological polar surface area (TPSA) is 68.3 Å². The first-order chi connectivity index (χ1) is 7.22. The lowest BCUT2D eigenvalue weighted by Crippen LogP contribution is -2.10. The summed E-state index contributed by atoms with van der Waals surface area (Å²) in [5, 5.41) is 8.59. The quantitative estimate of drug-likeness (QED) is 0.877. The van der Waals surface area contributed by atoms with Gasteiger partial charge in [-0.3, -0.25) is 0 Å². The van der Waals surface area contributed by atoms with Crippen LogP contribution in [0.1, 0.15) is 18.0 Å². The lowest BCUT2D eigenvalue weighted by atomic mass is 10.0. The molecule has 0 radical (unpaired) electrons. The van der Waals surface area contributed by atoms with Gasteiger partial charge in [0.05, 0.1) is 26.7 Å². The number of nitriles is 1. The number of halogens is 1. The molecule has 0 aliphatic rings. The molecule has 1 atom stereocenters. The maximum atomic E-state index is 8.59. The molecule has 5 heteroatoms. The van der Waals surface area contributed by atoms with Gasteiger partial charge in [-0.25, -0.2) is 0 Å². The van der Waals surface area contributed by atoms with Gasteiger partial charge in [0.15, 0.2) is 0 Å². The molecule has 4 nitrogen and oxygen atoms in total. The van der Waals surface area contributed by atoms with E-state index in [1.807, 2.05) is 6.07 Å². The Labute approximate surface area is 101 Å². The second-order valence-electron chi connectivity index (χ2n) is 3.08. The van der Waals surface area contributed by atoms with Gasteiger partial charge in [0.1, 0.15) is 11.5 Å². The summed E-state index contributed by atoms with van der Waals surface area (Å²) in [4.78, 5) is 0. The van der Waals surface area contributed by atoms with Crippen LogP contribution in [0.2, 0.25) is 0 Å². The number of ether oxygens (including phenoxy) is 2. The lowest BCUT2D eigenvalue weighted by Gasteiger charge is -2.14. The van der Waals surface area contributed by atoms with Crippen molar-refractivity contribution in [3.8, 4) is 17.6 Å². The normalized spacial score (nSPS) is 10.9. The fraction of sp³-hybridized carbons (Fsp3) is 0.364. The van der Waals surface area contributed by atoms with Crippen LogP contribution in [0.4, 0.5) is 0 Å². The predicted molar refractivity (Wildman–Crippen MR) is 64.0 cm³/mol. The number of hydrogen-bond donors (Lipinski definition) is 1. The molecule has 0 aromatic heterocycles. The number of hydrogen-bond acceptors (Lipinski definition) is 4. The Hall–Kier alpha value is -1.44. The number of nitrogens with zero attached hydrogens (tertiary/aromatic N) is 1. The first-order valence-corrected chi connectivity index (χ1v) is 4.57. The Bertz CT molecular complexity index is 377. The van der Waals surface area contributed by atoms with Crippen LogP contribution in [0.5, 0.6) is 11.5 Å². The average Bonchev–Trinajstić information content (AvgIpc) is 2.28. The van der Waals surface area contributed by atoms with Crippen molar-refractivity contribution in [1.82, 2.24) is 0 Å². The van der Waals surface area contributed by atoms with Crippen LogP contribution in [-0.4, -0.2) is 14.2 Å². The zero-order valence-electron chi connectivity index (χ0n) is 9.27. The molecule has 0 bridgehead atoms. The molecular weight excluding hydrogens is 228 g/mol. The largest absolute Gasteiger partial charge is 0.497 e. The summed E-state index contributed by atoms with van der Waals surface area (Å²) in [6.07, 6.45) is 0.253. The molecular formula is C11H15ClN2O2. The van der Waals surface area contributed by atoms with Crippen LogP contribution < -0.4 is 15.2 Å². The molecule has 0 aliphatic carbocycles. The van der Waals surface area contributed by atoms with Gasteiger partial charge in [-0.15, -0.1) is 12.4 Å². The van der Waals surface area contributed by atoms with E-state index in [0.717, 1.165) is 5.56 Å². The molecule has 2 N–H and O–H groups in total. The summed E-state index contributed by atoms with van der Waals surface area (Å²) in [7, 11) is 3.16. The van der Waals surface area contributed by atoms with E-state index >= 15 is 0 Å². The van der Waals surface area contributed by atoms with E-state index in [0.29, 0.717) is 11.5 Å². The molecule has 1 aromatic rings. The van der Waals surface area contributed by atoms with Crippen molar-refractivity contribution in [2.24, 2.45) is 5.73 Å². The van der Waals surface area contributed by atoms with E-state index in [4.69, 9.17) is 20.5 Å². The van der Waals surface area contributed by atoms with E-state index in [-0.39, 0.29) is 24.9 Å². The van der Waals surface area contributed by atoms with Gasteiger partial charge < -0.3 is 15.2 Å². The van der Waals surface area contributed by atoms with Crippen molar-refractivity contribution in [2.75, 3.05) is 14.2 Å². The molecule has 0 fully saturated rings. The minimum atomic E-state index is -0.347. The van der Waals surface area contributed by atoms with Gasteiger partial charge in [-0.1, -0.05) is 0 Å². The van der Waals surface area contributed by atoms with E-state index in [2.05, 4.69) is 0 Å². The summed E-state index contributed by atoms with van der Waals surface area (Å²) in [5.41, 5.74) is 6.64. The molecule has 0 unspecified atom stereocenters. The molecule has 0 saturated heterocycles. The summed E-state index contributed by atoms with van der Waals surface area (Å²) < 4.78 is 10.3. The fourth-order valence-electron chi connectivity index (χ4n) is 1.34. The van der Waals surface area contributed by atoms with Crippen LogP contribution in [0.25, 0.3) is 0 Å². The van der Waals surface area contributed by atoms with E-state index < -0.39 is 0 Å². The number of nitrogens with two attached hydrogens (primary N) is 1. The second kappa shape index (κ2) is 6.94. The summed E-state index contributed by atoms with van der Waals surface area (Å²) >= 11 is 0. The molecule has 0 aliphatic heterocycles. The summed E-state index contributed by atoms with van der Waals surface area (Å²) in [5.74, 6) is 1.39. The molecule has 0 amide bonds. The number of rotatable bonds is 4. The molecule has 1 aromatic carbocycles. The average molecular weight is 243 g/mol. The van der Waals surface area contributed by atoms with Crippen molar-refractivity contribution >= 4 is 12.4 Å². The lowest BCUT2D eigenvalue weighted by molar-refractivity contribution is 0.395. The van der Waals surface area contributed by atoms with Gasteiger partial charge in [0, 0.05) is 11.6 Å². The second-order valence-corrected chi connectivity index (χ2v) is 3.08. The molecule has 0 spiro atoms. The standard InChI is InChI=1S/C11H14N2O2.ClH/c1-14-8-3-4-11(15-2)9(7-8)10(13)5-6-12;/h3-4,7,10H,5,13H2,1-2H3;1H/t10-;/m0./s1. The zero-order valence-corrected chi connectivity index (χ0v) is 10.1. The van der Waals surface area contributed by atoms with E-state index in [9.17, 15) is 0 Å². The summed E-state index contributed by atoms with van der Waals surface area (Å²) in [6.45, 7) is 0. The zero-order chi connectivity index (χ0) is 11.3. The first-order valence-electron chi connectivity index (χ1n) is 4.57. The molecule has 16 heavy (non-hydrogen) atoms. The predicted octanol–water partition coefficient (Wildman–Crippen LogP) is 2.04. The van der Waals surface area contributed by atoms with Gasteiger partial charge in [0.2, 0.25) is 0 Å².